The fourth-order valence-electron chi connectivity index (χ4n) is 1.75. The molecule has 98 valence electrons. The van der Waals surface area contributed by atoms with Gasteiger partial charge in [-0.1, -0.05) is 23.7 Å². The summed E-state index contributed by atoms with van der Waals surface area (Å²) in [6.07, 6.45) is 0. The summed E-state index contributed by atoms with van der Waals surface area (Å²) in [4.78, 5) is 10.2. The molecule has 2 rings (SSSR count). The average molecular weight is 277 g/mol. The van der Waals surface area contributed by atoms with E-state index in [2.05, 4.69) is 5.32 Å². The van der Waals surface area contributed by atoms with E-state index in [9.17, 15) is 10.1 Å². The van der Waals surface area contributed by atoms with Gasteiger partial charge in [0, 0.05) is 24.4 Å². The molecule has 0 amide bonds. The Bertz CT molecular complexity index is 614. The van der Waals surface area contributed by atoms with Gasteiger partial charge in [0.2, 0.25) is 0 Å². The molecule has 0 heterocycles. The third-order valence-electron chi connectivity index (χ3n) is 2.75. The zero-order chi connectivity index (χ0) is 13.8. The van der Waals surface area contributed by atoms with Crippen molar-refractivity contribution in [2.45, 2.75) is 13.5 Å². The summed E-state index contributed by atoms with van der Waals surface area (Å²) in [5, 5.41) is 14.2. The molecule has 5 heteroatoms. The number of halogens is 1. The van der Waals surface area contributed by atoms with Crippen LogP contribution in [0.15, 0.2) is 42.5 Å². The standard InChI is InChI=1S/C14H13ClN2O2/c1-10-3-2-4-12(7-10)16-9-11-5-6-13(17(18)19)8-14(11)15/h2-8,16H,9H2,1H3. The van der Waals surface area contributed by atoms with Crippen molar-refractivity contribution in [1.29, 1.82) is 0 Å². The number of nitrogens with one attached hydrogen (secondary N) is 1. The lowest BCUT2D eigenvalue weighted by Crippen LogP contribution is -2.00. The molecule has 0 spiro atoms. The Morgan fingerprint density at radius 2 is 2.05 bits per heavy atom. The second kappa shape index (κ2) is 5.71. The molecular formula is C14H13ClN2O2. The molecule has 0 bridgehead atoms. The number of benzene rings is 2. The van der Waals surface area contributed by atoms with Crippen molar-refractivity contribution >= 4 is 23.0 Å². The van der Waals surface area contributed by atoms with Gasteiger partial charge < -0.3 is 5.32 Å². The molecule has 1 N–H and O–H groups in total. The number of rotatable bonds is 4. The maximum absolute atomic E-state index is 10.6. The second-order valence-electron chi connectivity index (χ2n) is 4.26. The number of non-ortho nitro benzene ring substituents is 1. The first-order chi connectivity index (χ1) is 9.06. The van der Waals surface area contributed by atoms with Crippen LogP contribution in [-0.2, 0) is 6.54 Å². The highest BCUT2D eigenvalue weighted by molar-refractivity contribution is 6.31. The van der Waals surface area contributed by atoms with E-state index in [0.29, 0.717) is 11.6 Å². The molecule has 0 saturated carbocycles. The van der Waals surface area contributed by atoms with Crippen LogP contribution < -0.4 is 5.32 Å². The SMILES string of the molecule is Cc1cccc(NCc2ccc([N+](=O)[O-])cc2Cl)c1. The van der Waals surface area contributed by atoms with Crippen LogP contribution in [-0.4, -0.2) is 4.92 Å². The van der Waals surface area contributed by atoms with E-state index in [4.69, 9.17) is 11.6 Å². The highest BCUT2D eigenvalue weighted by Gasteiger charge is 2.09. The molecule has 2 aromatic rings. The number of hydrogen-bond donors (Lipinski definition) is 1. The van der Waals surface area contributed by atoms with Crippen molar-refractivity contribution in [2.75, 3.05) is 5.32 Å². The largest absolute Gasteiger partial charge is 0.381 e. The number of hydrogen-bond acceptors (Lipinski definition) is 3. The zero-order valence-electron chi connectivity index (χ0n) is 10.4. The van der Waals surface area contributed by atoms with Gasteiger partial charge in [-0.3, -0.25) is 10.1 Å². The summed E-state index contributed by atoms with van der Waals surface area (Å²) in [6.45, 7) is 2.55. The van der Waals surface area contributed by atoms with E-state index in [1.54, 1.807) is 6.07 Å². The van der Waals surface area contributed by atoms with Gasteiger partial charge in [0.15, 0.2) is 0 Å². The van der Waals surface area contributed by atoms with Gasteiger partial charge in [0.1, 0.15) is 0 Å². The Morgan fingerprint density at radius 1 is 1.26 bits per heavy atom. The maximum atomic E-state index is 10.6. The first-order valence-corrected chi connectivity index (χ1v) is 6.17. The van der Waals surface area contributed by atoms with Crippen LogP contribution in [0.4, 0.5) is 11.4 Å². The first kappa shape index (κ1) is 13.4. The third-order valence-corrected chi connectivity index (χ3v) is 3.10. The first-order valence-electron chi connectivity index (χ1n) is 5.79. The number of anilines is 1. The van der Waals surface area contributed by atoms with E-state index in [-0.39, 0.29) is 5.69 Å². The molecule has 0 saturated heterocycles. The molecule has 0 atom stereocenters. The van der Waals surface area contributed by atoms with Crippen molar-refractivity contribution < 1.29 is 4.92 Å². The summed E-state index contributed by atoms with van der Waals surface area (Å²) in [7, 11) is 0. The maximum Gasteiger partial charge on any atom is 0.270 e. The fraction of sp³-hybridized carbons (Fsp3) is 0.143. The Balaban J connectivity index is 2.10. The molecular weight excluding hydrogens is 264 g/mol. The number of nitro groups is 1. The predicted octanol–water partition coefficient (Wildman–Crippen LogP) is 4.17. The minimum Gasteiger partial charge on any atom is -0.381 e. The Morgan fingerprint density at radius 3 is 2.68 bits per heavy atom. The van der Waals surface area contributed by atoms with Gasteiger partial charge in [-0.25, -0.2) is 0 Å². The van der Waals surface area contributed by atoms with Crippen molar-refractivity contribution in [2.24, 2.45) is 0 Å². The van der Waals surface area contributed by atoms with E-state index < -0.39 is 4.92 Å². The number of aryl methyl sites for hydroxylation is 1. The molecule has 0 aliphatic carbocycles. The van der Waals surface area contributed by atoms with Crippen LogP contribution in [0.3, 0.4) is 0 Å². The van der Waals surface area contributed by atoms with Gasteiger partial charge in [-0.2, -0.15) is 0 Å². The Labute approximate surface area is 116 Å². The summed E-state index contributed by atoms with van der Waals surface area (Å²) in [5.41, 5.74) is 2.99. The van der Waals surface area contributed by atoms with Gasteiger partial charge in [-0.05, 0) is 36.2 Å². The molecule has 0 aliphatic rings. The van der Waals surface area contributed by atoms with Gasteiger partial charge >= 0.3 is 0 Å². The molecule has 0 fully saturated rings. The Hall–Kier alpha value is -2.07. The zero-order valence-corrected chi connectivity index (χ0v) is 11.1. The van der Waals surface area contributed by atoms with E-state index >= 15 is 0 Å². The molecule has 0 radical (unpaired) electrons. The van der Waals surface area contributed by atoms with Crippen LogP contribution in [0, 0.1) is 17.0 Å². The normalized spacial score (nSPS) is 10.2. The van der Waals surface area contributed by atoms with Gasteiger partial charge in [0.05, 0.1) is 9.95 Å². The van der Waals surface area contributed by atoms with Crippen LogP contribution in [0.25, 0.3) is 0 Å². The molecule has 2 aromatic carbocycles. The lowest BCUT2D eigenvalue weighted by atomic mass is 10.2. The molecule has 0 aliphatic heterocycles. The van der Waals surface area contributed by atoms with Crippen molar-refractivity contribution in [3.05, 3.63) is 68.7 Å². The second-order valence-corrected chi connectivity index (χ2v) is 4.66. The summed E-state index contributed by atoms with van der Waals surface area (Å²) >= 11 is 6.03. The minimum absolute atomic E-state index is 0.00399. The summed E-state index contributed by atoms with van der Waals surface area (Å²) in [6, 6.07) is 12.5. The monoisotopic (exact) mass is 276 g/mol. The summed E-state index contributed by atoms with van der Waals surface area (Å²) in [5.74, 6) is 0. The quantitative estimate of drug-likeness (QED) is 0.673. The fourth-order valence-corrected chi connectivity index (χ4v) is 1.99. The average Bonchev–Trinajstić information content (AvgIpc) is 2.37. The smallest absolute Gasteiger partial charge is 0.270 e. The highest BCUT2D eigenvalue weighted by atomic mass is 35.5. The lowest BCUT2D eigenvalue weighted by Gasteiger charge is -2.08. The van der Waals surface area contributed by atoms with Crippen LogP contribution in [0.2, 0.25) is 5.02 Å². The van der Waals surface area contributed by atoms with Crippen LogP contribution >= 0.6 is 11.6 Å². The van der Waals surface area contributed by atoms with E-state index in [1.807, 2.05) is 31.2 Å². The Kier molecular flexibility index (Phi) is 4.02. The molecule has 0 unspecified atom stereocenters. The van der Waals surface area contributed by atoms with Crippen molar-refractivity contribution in [3.63, 3.8) is 0 Å². The topological polar surface area (TPSA) is 55.2 Å². The molecule has 0 aromatic heterocycles. The molecule has 19 heavy (non-hydrogen) atoms. The van der Waals surface area contributed by atoms with E-state index in [0.717, 1.165) is 11.3 Å². The minimum atomic E-state index is -0.455. The lowest BCUT2D eigenvalue weighted by molar-refractivity contribution is -0.384. The van der Waals surface area contributed by atoms with E-state index in [1.165, 1.54) is 17.7 Å². The molecule has 4 nitrogen and oxygen atoms in total. The van der Waals surface area contributed by atoms with Crippen molar-refractivity contribution in [3.8, 4) is 0 Å². The summed E-state index contributed by atoms with van der Waals surface area (Å²) < 4.78 is 0. The number of nitro benzene ring substituents is 1. The van der Waals surface area contributed by atoms with Crippen LogP contribution in [0.5, 0.6) is 0 Å². The predicted molar refractivity (Wildman–Crippen MR) is 76.6 cm³/mol. The third kappa shape index (κ3) is 3.45. The number of nitrogens with zero attached hydrogens (tertiary/aromatic N) is 1. The van der Waals surface area contributed by atoms with Crippen molar-refractivity contribution in [1.82, 2.24) is 0 Å². The van der Waals surface area contributed by atoms with Gasteiger partial charge in [-0.15, -0.1) is 0 Å². The highest BCUT2D eigenvalue weighted by Crippen LogP contribution is 2.23. The van der Waals surface area contributed by atoms with Gasteiger partial charge in [0.25, 0.3) is 5.69 Å². The van der Waals surface area contributed by atoms with Crippen LogP contribution in [0.1, 0.15) is 11.1 Å².